The molecular formula is C19H20F3N9. The molecule has 0 saturated carbocycles. The van der Waals surface area contributed by atoms with E-state index in [2.05, 4.69) is 25.5 Å². The number of piperidine rings is 1. The van der Waals surface area contributed by atoms with Crippen molar-refractivity contribution in [1.82, 2.24) is 34.1 Å². The van der Waals surface area contributed by atoms with Gasteiger partial charge in [-0.2, -0.15) is 23.3 Å². The SMILES string of the molecule is Nc1nc(NC2CCN(CC(F)(F)F)CC2)nn2ccc(-c3ccn4nccc4n3)c12. The highest BCUT2D eigenvalue weighted by Crippen LogP contribution is 2.28. The van der Waals surface area contributed by atoms with Crippen LogP contribution in [0.4, 0.5) is 24.9 Å². The van der Waals surface area contributed by atoms with Gasteiger partial charge in [0.2, 0.25) is 5.95 Å². The van der Waals surface area contributed by atoms with Gasteiger partial charge in [0.15, 0.2) is 11.5 Å². The summed E-state index contributed by atoms with van der Waals surface area (Å²) in [5, 5.41) is 11.8. The molecule has 0 unspecified atom stereocenters. The molecule has 12 heteroatoms. The number of hydrogen-bond donors (Lipinski definition) is 2. The maximum absolute atomic E-state index is 12.6. The van der Waals surface area contributed by atoms with Gasteiger partial charge < -0.3 is 11.1 Å². The monoisotopic (exact) mass is 431 g/mol. The molecule has 1 saturated heterocycles. The summed E-state index contributed by atoms with van der Waals surface area (Å²) in [6.45, 7) is -0.142. The number of nitrogens with zero attached hydrogens (tertiary/aromatic N) is 7. The molecule has 0 atom stereocenters. The van der Waals surface area contributed by atoms with Crippen molar-refractivity contribution in [3.05, 3.63) is 36.8 Å². The van der Waals surface area contributed by atoms with E-state index < -0.39 is 12.7 Å². The molecule has 0 aromatic carbocycles. The van der Waals surface area contributed by atoms with Gasteiger partial charge in [-0.05, 0) is 25.0 Å². The molecule has 5 rings (SSSR count). The van der Waals surface area contributed by atoms with Crippen LogP contribution in [0, 0.1) is 0 Å². The molecule has 0 spiro atoms. The van der Waals surface area contributed by atoms with Crippen LogP contribution < -0.4 is 11.1 Å². The van der Waals surface area contributed by atoms with E-state index in [1.807, 2.05) is 24.4 Å². The van der Waals surface area contributed by atoms with Gasteiger partial charge in [-0.15, -0.1) is 5.10 Å². The van der Waals surface area contributed by atoms with Crippen molar-refractivity contribution < 1.29 is 13.2 Å². The fourth-order valence-corrected chi connectivity index (χ4v) is 3.95. The number of anilines is 2. The Morgan fingerprint density at radius 3 is 2.61 bits per heavy atom. The van der Waals surface area contributed by atoms with Crippen molar-refractivity contribution in [1.29, 1.82) is 0 Å². The highest BCUT2D eigenvalue weighted by atomic mass is 19.4. The molecule has 0 bridgehead atoms. The molecule has 0 radical (unpaired) electrons. The minimum atomic E-state index is -4.17. The molecule has 1 aliphatic heterocycles. The highest BCUT2D eigenvalue weighted by molar-refractivity contribution is 5.86. The Balaban J connectivity index is 1.34. The van der Waals surface area contributed by atoms with E-state index in [0.717, 1.165) is 11.3 Å². The second kappa shape index (κ2) is 7.38. The minimum Gasteiger partial charge on any atom is -0.382 e. The van der Waals surface area contributed by atoms with Crippen molar-refractivity contribution in [2.45, 2.75) is 25.1 Å². The zero-order valence-electron chi connectivity index (χ0n) is 16.4. The van der Waals surface area contributed by atoms with Crippen molar-refractivity contribution in [3.63, 3.8) is 0 Å². The number of halogens is 3. The molecule has 5 heterocycles. The van der Waals surface area contributed by atoms with Gasteiger partial charge in [-0.3, -0.25) is 4.90 Å². The molecule has 1 aliphatic rings. The summed E-state index contributed by atoms with van der Waals surface area (Å²) in [7, 11) is 0. The van der Waals surface area contributed by atoms with E-state index in [-0.39, 0.29) is 6.04 Å². The molecule has 0 aliphatic carbocycles. The van der Waals surface area contributed by atoms with Crippen LogP contribution in [0.15, 0.2) is 36.8 Å². The quantitative estimate of drug-likeness (QED) is 0.512. The van der Waals surface area contributed by atoms with Crippen LogP contribution in [0.3, 0.4) is 0 Å². The zero-order chi connectivity index (χ0) is 21.6. The van der Waals surface area contributed by atoms with E-state index in [1.54, 1.807) is 21.4 Å². The van der Waals surface area contributed by atoms with E-state index in [9.17, 15) is 13.2 Å². The Hall–Kier alpha value is -3.41. The van der Waals surface area contributed by atoms with E-state index in [1.165, 1.54) is 4.90 Å². The van der Waals surface area contributed by atoms with Crippen molar-refractivity contribution in [2.75, 3.05) is 30.7 Å². The van der Waals surface area contributed by atoms with Gasteiger partial charge >= 0.3 is 6.18 Å². The Kier molecular flexibility index (Phi) is 4.65. The number of nitrogen functional groups attached to an aromatic ring is 1. The minimum absolute atomic E-state index is 0.0118. The van der Waals surface area contributed by atoms with E-state index in [4.69, 9.17) is 5.73 Å². The van der Waals surface area contributed by atoms with Crippen LogP contribution >= 0.6 is 0 Å². The first-order chi connectivity index (χ1) is 14.9. The van der Waals surface area contributed by atoms with Crippen LogP contribution in [-0.4, -0.2) is 65.9 Å². The summed E-state index contributed by atoms with van der Waals surface area (Å²) in [4.78, 5) is 10.4. The Labute approximate surface area is 174 Å². The van der Waals surface area contributed by atoms with Crippen LogP contribution in [0.1, 0.15) is 12.8 Å². The maximum Gasteiger partial charge on any atom is 0.401 e. The number of hydrogen-bond acceptors (Lipinski definition) is 7. The van der Waals surface area contributed by atoms with Gasteiger partial charge in [0, 0.05) is 43.2 Å². The number of alkyl halides is 3. The van der Waals surface area contributed by atoms with Crippen molar-refractivity contribution in [2.24, 2.45) is 0 Å². The lowest BCUT2D eigenvalue weighted by Crippen LogP contribution is -2.43. The summed E-state index contributed by atoms with van der Waals surface area (Å²) in [5.74, 6) is 0.641. The number of fused-ring (bicyclic) bond motifs is 2. The van der Waals surface area contributed by atoms with Gasteiger partial charge in [0.25, 0.3) is 0 Å². The maximum atomic E-state index is 12.6. The van der Waals surface area contributed by atoms with Gasteiger partial charge in [0.05, 0.1) is 18.4 Å². The zero-order valence-corrected chi connectivity index (χ0v) is 16.4. The first-order valence-electron chi connectivity index (χ1n) is 9.87. The number of aromatic nitrogens is 6. The molecule has 4 aromatic rings. The van der Waals surface area contributed by atoms with Crippen molar-refractivity contribution >= 4 is 22.9 Å². The molecule has 3 N–H and O–H groups in total. The average Bonchev–Trinajstić information content (AvgIpc) is 3.34. The van der Waals surface area contributed by atoms with E-state index in [0.29, 0.717) is 48.9 Å². The fraction of sp³-hybridized carbons (Fsp3) is 0.368. The van der Waals surface area contributed by atoms with Crippen LogP contribution in [-0.2, 0) is 0 Å². The second-order valence-electron chi connectivity index (χ2n) is 7.60. The first-order valence-corrected chi connectivity index (χ1v) is 9.87. The summed E-state index contributed by atoms with van der Waals surface area (Å²) < 4.78 is 41.0. The molecule has 1 fully saturated rings. The normalized spacial score (nSPS) is 16.4. The Morgan fingerprint density at radius 2 is 1.84 bits per heavy atom. The lowest BCUT2D eigenvalue weighted by Gasteiger charge is -2.32. The number of likely N-dealkylation sites (tertiary alicyclic amines) is 1. The van der Waals surface area contributed by atoms with Gasteiger partial charge in [0.1, 0.15) is 5.52 Å². The summed E-state index contributed by atoms with van der Waals surface area (Å²) in [6, 6.07) is 5.51. The van der Waals surface area contributed by atoms with Crippen molar-refractivity contribution in [3.8, 4) is 11.3 Å². The molecule has 0 amide bonds. The summed E-state index contributed by atoms with van der Waals surface area (Å²) >= 11 is 0. The van der Waals surface area contributed by atoms with Crippen LogP contribution in [0.25, 0.3) is 22.4 Å². The lowest BCUT2D eigenvalue weighted by atomic mass is 10.1. The third-order valence-electron chi connectivity index (χ3n) is 5.40. The third kappa shape index (κ3) is 3.98. The molecule has 162 valence electrons. The molecule has 9 nitrogen and oxygen atoms in total. The predicted molar refractivity (Wildman–Crippen MR) is 109 cm³/mol. The standard InChI is InChI=1S/C19H20F3N9/c20-19(21,22)11-29-7-2-12(3-8-29)25-18-27-17(23)16-13(4-9-31(16)28-18)14-5-10-30-15(26-14)1-6-24-30/h1,4-6,9-10,12H,2-3,7-8,11H2,(H3,23,25,27,28). The summed E-state index contributed by atoms with van der Waals surface area (Å²) in [6.07, 6.45) is 2.24. The van der Waals surface area contributed by atoms with E-state index >= 15 is 0 Å². The largest absolute Gasteiger partial charge is 0.401 e. The Morgan fingerprint density at radius 1 is 1.06 bits per heavy atom. The van der Waals surface area contributed by atoms with Crippen LogP contribution in [0.2, 0.25) is 0 Å². The third-order valence-corrected chi connectivity index (χ3v) is 5.40. The van der Waals surface area contributed by atoms with Gasteiger partial charge in [-0.1, -0.05) is 0 Å². The van der Waals surface area contributed by atoms with Gasteiger partial charge in [-0.25, -0.2) is 14.0 Å². The molecular weight excluding hydrogens is 411 g/mol. The molecule has 4 aromatic heterocycles. The predicted octanol–water partition coefficient (Wildman–Crippen LogP) is 2.46. The lowest BCUT2D eigenvalue weighted by molar-refractivity contribution is -0.147. The highest BCUT2D eigenvalue weighted by Gasteiger charge is 2.32. The smallest absolute Gasteiger partial charge is 0.382 e. The first kappa shape index (κ1) is 19.5. The number of nitrogens with one attached hydrogen (secondary N) is 1. The topological polar surface area (TPSA) is 102 Å². The molecule has 31 heavy (non-hydrogen) atoms. The fourth-order valence-electron chi connectivity index (χ4n) is 3.95. The second-order valence-corrected chi connectivity index (χ2v) is 7.60. The Bertz CT molecular complexity index is 1220. The number of nitrogens with two attached hydrogens (primary N) is 1. The number of rotatable bonds is 4. The van der Waals surface area contributed by atoms with Crippen LogP contribution in [0.5, 0.6) is 0 Å². The summed E-state index contributed by atoms with van der Waals surface area (Å²) in [5.41, 5.74) is 9.12. The average molecular weight is 431 g/mol.